The molecule has 0 amide bonds. The van der Waals surface area contributed by atoms with Gasteiger partial charge in [-0.05, 0) is 18.4 Å². The highest BCUT2D eigenvalue weighted by Gasteiger charge is 2.03. The Morgan fingerprint density at radius 3 is 2.50 bits per heavy atom. The molecule has 12 heavy (non-hydrogen) atoms. The summed E-state index contributed by atoms with van der Waals surface area (Å²) in [4.78, 5) is 0. The van der Waals surface area contributed by atoms with Gasteiger partial charge in [-0.25, -0.2) is 0 Å². The van der Waals surface area contributed by atoms with Crippen molar-refractivity contribution in [3.05, 3.63) is 35.9 Å². The van der Waals surface area contributed by atoms with E-state index in [9.17, 15) is 0 Å². The largest absolute Gasteiger partial charge is 0.396 e. The second kappa shape index (κ2) is 5.22. The summed E-state index contributed by atoms with van der Waals surface area (Å²) in [5.74, 6) is 0. The van der Waals surface area contributed by atoms with Gasteiger partial charge in [0.05, 0.1) is 0 Å². The van der Waals surface area contributed by atoms with Crippen LogP contribution in [0.5, 0.6) is 0 Å². The molecule has 1 unspecified atom stereocenters. The Labute approximate surface area is 78.8 Å². The minimum Gasteiger partial charge on any atom is -0.396 e. The molecule has 0 bridgehead atoms. The van der Waals surface area contributed by atoms with Gasteiger partial charge in [0.2, 0.25) is 0 Å². The van der Waals surface area contributed by atoms with E-state index >= 15 is 0 Å². The fraction of sp³-hybridized carbons (Fsp3) is 0.400. The molecule has 0 saturated heterocycles. The summed E-state index contributed by atoms with van der Waals surface area (Å²) < 4.78 is 0. The van der Waals surface area contributed by atoms with Crippen LogP contribution in [0.3, 0.4) is 0 Å². The van der Waals surface area contributed by atoms with E-state index in [1.54, 1.807) is 0 Å². The van der Waals surface area contributed by atoms with Crippen LogP contribution >= 0.6 is 12.6 Å². The fourth-order valence-corrected chi connectivity index (χ4v) is 1.48. The maximum atomic E-state index is 8.63. The number of aliphatic hydroxyl groups is 1. The van der Waals surface area contributed by atoms with Crippen LogP contribution in [0.1, 0.15) is 23.7 Å². The van der Waals surface area contributed by atoms with Gasteiger partial charge in [0.15, 0.2) is 0 Å². The van der Waals surface area contributed by atoms with E-state index in [0.717, 1.165) is 12.8 Å². The maximum Gasteiger partial charge on any atom is 0.0431 e. The first-order valence-corrected chi connectivity index (χ1v) is 4.70. The SMILES string of the molecule is OCCCC(S)c1ccccc1. The molecule has 1 aromatic carbocycles. The zero-order valence-corrected chi connectivity index (χ0v) is 7.87. The van der Waals surface area contributed by atoms with Crippen molar-refractivity contribution < 1.29 is 5.11 Å². The molecule has 2 heteroatoms. The minimum absolute atomic E-state index is 0.254. The van der Waals surface area contributed by atoms with E-state index in [2.05, 4.69) is 24.8 Å². The number of hydrogen-bond acceptors (Lipinski definition) is 2. The minimum atomic E-state index is 0.254. The highest BCUT2D eigenvalue weighted by atomic mass is 32.1. The monoisotopic (exact) mass is 182 g/mol. The predicted octanol–water partition coefficient (Wildman–Crippen LogP) is 2.43. The molecule has 0 aromatic heterocycles. The van der Waals surface area contributed by atoms with E-state index in [0.29, 0.717) is 0 Å². The Kier molecular flexibility index (Phi) is 4.19. The van der Waals surface area contributed by atoms with Crippen LogP contribution in [0.25, 0.3) is 0 Å². The van der Waals surface area contributed by atoms with Crippen LogP contribution in [0, 0.1) is 0 Å². The smallest absolute Gasteiger partial charge is 0.0431 e. The van der Waals surface area contributed by atoms with Gasteiger partial charge >= 0.3 is 0 Å². The van der Waals surface area contributed by atoms with Crippen molar-refractivity contribution in [1.29, 1.82) is 0 Å². The number of benzene rings is 1. The molecular formula is C10H14OS. The van der Waals surface area contributed by atoms with Crippen molar-refractivity contribution in [2.45, 2.75) is 18.1 Å². The van der Waals surface area contributed by atoms with Crippen molar-refractivity contribution in [1.82, 2.24) is 0 Å². The average molecular weight is 182 g/mol. The topological polar surface area (TPSA) is 20.2 Å². The van der Waals surface area contributed by atoms with Gasteiger partial charge in [0, 0.05) is 11.9 Å². The van der Waals surface area contributed by atoms with E-state index in [4.69, 9.17) is 5.11 Å². The Morgan fingerprint density at radius 1 is 1.25 bits per heavy atom. The average Bonchev–Trinajstić information content (AvgIpc) is 2.15. The molecule has 0 heterocycles. The molecule has 1 rings (SSSR count). The van der Waals surface area contributed by atoms with Crippen LogP contribution in [-0.2, 0) is 0 Å². The van der Waals surface area contributed by atoms with Gasteiger partial charge in [0.25, 0.3) is 0 Å². The van der Waals surface area contributed by atoms with E-state index in [1.807, 2.05) is 18.2 Å². The Hall–Kier alpha value is -0.470. The predicted molar refractivity (Wildman–Crippen MR) is 54.5 cm³/mol. The summed E-state index contributed by atoms with van der Waals surface area (Å²) in [5.41, 5.74) is 1.23. The molecule has 0 radical (unpaired) electrons. The van der Waals surface area contributed by atoms with Crippen molar-refractivity contribution in [2.75, 3.05) is 6.61 Å². The molecule has 0 aliphatic carbocycles. The van der Waals surface area contributed by atoms with Crippen LogP contribution in [0.15, 0.2) is 30.3 Å². The number of hydrogen-bond donors (Lipinski definition) is 2. The van der Waals surface area contributed by atoms with Crippen molar-refractivity contribution in [3.63, 3.8) is 0 Å². The number of aliphatic hydroxyl groups excluding tert-OH is 1. The van der Waals surface area contributed by atoms with Gasteiger partial charge < -0.3 is 5.11 Å². The summed E-state index contributed by atoms with van der Waals surface area (Å²) in [6.07, 6.45) is 1.76. The Balaban J connectivity index is 2.48. The van der Waals surface area contributed by atoms with Crippen molar-refractivity contribution >= 4 is 12.6 Å². The number of thiol groups is 1. The summed E-state index contributed by atoms with van der Waals surface area (Å²) in [6.45, 7) is 0.254. The van der Waals surface area contributed by atoms with Crippen LogP contribution in [-0.4, -0.2) is 11.7 Å². The van der Waals surface area contributed by atoms with Crippen LogP contribution in [0.2, 0.25) is 0 Å². The van der Waals surface area contributed by atoms with Gasteiger partial charge in [-0.15, -0.1) is 0 Å². The van der Waals surface area contributed by atoms with Gasteiger partial charge in [0.1, 0.15) is 0 Å². The molecular weight excluding hydrogens is 168 g/mol. The lowest BCUT2D eigenvalue weighted by molar-refractivity contribution is 0.284. The number of rotatable bonds is 4. The van der Waals surface area contributed by atoms with Crippen molar-refractivity contribution in [2.24, 2.45) is 0 Å². The normalized spacial score (nSPS) is 12.8. The quantitative estimate of drug-likeness (QED) is 0.685. The second-order valence-corrected chi connectivity index (χ2v) is 3.42. The molecule has 0 aliphatic rings. The fourth-order valence-electron chi connectivity index (χ4n) is 1.13. The summed E-state index contributed by atoms with van der Waals surface area (Å²) >= 11 is 4.44. The standard InChI is InChI=1S/C10H14OS/c11-8-4-7-10(12)9-5-2-1-3-6-9/h1-3,5-6,10-12H,4,7-8H2. The Morgan fingerprint density at radius 2 is 1.92 bits per heavy atom. The first kappa shape index (κ1) is 9.62. The van der Waals surface area contributed by atoms with Gasteiger partial charge in [-0.2, -0.15) is 12.6 Å². The molecule has 1 aromatic rings. The van der Waals surface area contributed by atoms with Crippen molar-refractivity contribution in [3.8, 4) is 0 Å². The third-order valence-corrected chi connectivity index (χ3v) is 2.38. The molecule has 0 saturated carbocycles. The first-order chi connectivity index (χ1) is 5.84. The first-order valence-electron chi connectivity index (χ1n) is 4.18. The zero-order chi connectivity index (χ0) is 8.81. The lowest BCUT2D eigenvalue weighted by atomic mass is 10.1. The zero-order valence-electron chi connectivity index (χ0n) is 6.98. The lowest BCUT2D eigenvalue weighted by Gasteiger charge is -2.08. The molecule has 1 atom stereocenters. The molecule has 0 aliphatic heterocycles. The van der Waals surface area contributed by atoms with E-state index in [1.165, 1.54) is 5.56 Å². The molecule has 0 fully saturated rings. The maximum absolute atomic E-state index is 8.63. The molecule has 1 N–H and O–H groups in total. The highest BCUT2D eigenvalue weighted by molar-refractivity contribution is 7.80. The van der Waals surface area contributed by atoms with Gasteiger partial charge in [-0.3, -0.25) is 0 Å². The van der Waals surface area contributed by atoms with E-state index in [-0.39, 0.29) is 11.9 Å². The third-order valence-electron chi connectivity index (χ3n) is 1.82. The highest BCUT2D eigenvalue weighted by Crippen LogP contribution is 2.24. The van der Waals surface area contributed by atoms with E-state index < -0.39 is 0 Å². The van der Waals surface area contributed by atoms with Gasteiger partial charge in [-0.1, -0.05) is 30.3 Å². The summed E-state index contributed by atoms with van der Waals surface area (Å²) in [7, 11) is 0. The third kappa shape index (κ3) is 2.88. The van der Waals surface area contributed by atoms with Crippen LogP contribution in [0.4, 0.5) is 0 Å². The second-order valence-electron chi connectivity index (χ2n) is 2.79. The Bertz CT molecular complexity index is 210. The summed E-state index contributed by atoms with van der Waals surface area (Å²) in [5, 5.41) is 8.89. The molecule has 66 valence electrons. The lowest BCUT2D eigenvalue weighted by Crippen LogP contribution is -1.92. The molecule has 1 nitrogen and oxygen atoms in total. The molecule has 0 spiro atoms. The summed E-state index contributed by atoms with van der Waals surface area (Å²) in [6, 6.07) is 10.1. The van der Waals surface area contributed by atoms with Crippen LogP contribution < -0.4 is 0 Å².